The van der Waals surface area contributed by atoms with Gasteiger partial charge >= 0.3 is 12.1 Å². The van der Waals surface area contributed by atoms with Gasteiger partial charge < -0.3 is 20.1 Å². The van der Waals surface area contributed by atoms with E-state index in [-0.39, 0.29) is 18.1 Å². The number of para-hydroxylation sites is 2. The van der Waals surface area contributed by atoms with Crippen molar-refractivity contribution in [2.24, 2.45) is 0 Å². The molecule has 2 aliphatic rings. The fraction of sp³-hybridized carbons (Fsp3) is 0.348. The van der Waals surface area contributed by atoms with Gasteiger partial charge in [0.2, 0.25) is 0 Å². The first kappa shape index (κ1) is 19.4. The number of carbonyl (C=O) groups is 2. The highest BCUT2D eigenvalue weighted by Crippen LogP contribution is 2.34. The van der Waals surface area contributed by atoms with E-state index >= 15 is 0 Å². The Balaban J connectivity index is 1.38. The predicted molar refractivity (Wildman–Crippen MR) is 120 cm³/mol. The molecule has 1 unspecified atom stereocenters. The van der Waals surface area contributed by atoms with Crippen LogP contribution >= 0.6 is 0 Å². The summed E-state index contributed by atoms with van der Waals surface area (Å²) in [5, 5.41) is 5.83. The number of imidazole rings is 1. The van der Waals surface area contributed by atoms with Crippen LogP contribution in [0.2, 0.25) is 0 Å². The number of rotatable bonds is 4. The van der Waals surface area contributed by atoms with Gasteiger partial charge in [-0.15, -0.1) is 0 Å². The molecule has 2 N–H and O–H groups in total. The molecule has 2 aliphatic heterocycles. The molecule has 0 aliphatic carbocycles. The lowest BCUT2D eigenvalue weighted by atomic mass is 10.2. The Kier molecular flexibility index (Phi) is 4.97. The summed E-state index contributed by atoms with van der Waals surface area (Å²) in [5.74, 6) is 0.943. The summed E-state index contributed by atoms with van der Waals surface area (Å²) in [6, 6.07) is 15.2. The standard InChI is InChI=1S/C23H26N6O2/c1-2-27-19-10-4-3-9-18(19)26-21(27)20-11-6-13-29(20)23(31)25-16-7-5-8-17(15-16)28-14-12-24-22(28)30/h3-5,7-10,15,20H,2,6,11-14H2,1H3,(H,24,30)(H,25,31). The monoisotopic (exact) mass is 418 g/mol. The number of amides is 4. The maximum absolute atomic E-state index is 13.2. The van der Waals surface area contributed by atoms with Gasteiger partial charge in [0.25, 0.3) is 0 Å². The normalized spacial score (nSPS) is 18.6. The zero-order chi connectivity index (χ0) is 21.4. The van der Waals surface area contributed by atoms with E-state index in [9.17, 15) is 9.59 Å². The average Bonchev–Trinajstić information content (AvgIpc) is 3.51. The first-order chi connectivity index (χ1) is 15.2. The zero-order valence-electron chi connectivity index (χ0n) is 17.5. The molecule has 31 heavy (non-hydrogen) atoms. The molecule has 5 rings (SSSR count). The van der Waals surface area contributed by atoms with Gasteiger partial charge in [-0.1, -0.05) is 18.2 Å². The number of fused-ring (bicyclic) bond motifs is 1. The van der Waals surface area contributed by atoms with Gasteiger partial charge in [-0.25, -0.2) is 14.6 Å². The van der Waals surface area contributed by atoms with Gasteiger partial charge in [0.05, 0.1) is 17.1 Å². The molecule has 3 aromatic rings. The highest BCUT2D eigenvalue weighted by Gasteiger charge is 2.33. The Labute approximate surface area is 180 Å². The smallest absolute Gasteiger partial charge is 0.322 e. The van der Waals surface area contributed by atoms with Crippen molar-refractivity contribution < 1.29 is 9.59 Å². The van der Waals surface area contributed by atoms with Gasteiger partial charge in [0, 0.05) is 37.6 Å². The predicted octanol–water partition coefficient (Wildman–Crippen LogP) is 3.95. The van der Waals surface area contributed by atoms with Crippen LogP contribution in [0.15, 0.2) is 48.5 Å². The van der Waals surface area contributed by atoms with E-state index in [0.29, 0.717) is 25.3 Å². The number of urea groups is 2. The first-order valence-electron chi connectivity index (χ1n) is 10.8. The third kappa shape index (κ3) is 3.48. The molecule has 4 amide bonds. The molecule has 160 valence electrons. The second-order valence-electron chi connectivity index (χ2n) is 7.92. The number of nitrogens with one attached hydrogen (secondary N) is 2. The summed E-state index contributed by atoms with van der Waals surface area (Å²) in [6.45, 7) is 4.86. The number of aromatic nitrogens is 2. The lowest BCUT2D eigenvalue weighted by Gasteiger charge is -2.25. The fourth-order valence-electron chi connectivity index (χ4n) is 4.62. The minimum Gasteiger partial charge on any atom is -0.336 e. The van der Waals surface area contributed by atoms with Gasteiger partial charge in [-0.2, -0.15) is 0 Å². The Morgan fingerprint density at radius 3 is 2.87 bits per heavy atom. The third-order valence-corrected chi connectivity index (χ3v) is 6.08. The number of likely N-dealkylation sites (tertiary alicyclic amines) is 1. The number of benzene rings is 2. The number of aryl methyl sites for hydroxylation is 1. The van der Waals surface area contributed by atoms with Crippen LogP contribution < -0.4 is 15.5 Å². The second kappa shape index (κ2) is 7.94. The van der Waals surface area contributed by atoms with E-state index in [1.807, 2.05) is 47.4 Å². The van der Waals surface area contributed by atoms with Crippen LogP contribution in [0.3, 0.4) is 0 Å². The first-order valence-corrected chi connectivity index (χ1v) is 10.8. The van der Waals surface area contributed by atoms with Crippen LogP contribution in [0.25, 0.3) is 11.0 Å². The van der Waals surface area contributed by atoms with Crippen LogP contribution in [0.4, 0.5) is 21.0 Å². The third-order valence-electron chi connectivity index (χ3n) is 6.08. The summed E-state index contributed by atoms with van der Waals surface area (Å²) in [7, 11) is 0. The SMILES string of the molecule is CCn1c(C2CCCN2C(=O)Nc2cccc(N3CCNC3=O)c2)nc2ccccc21. The van der Waals surface area contributed by atoms with E-state index in [0.717, 1.165) is 41.9 Å². The molecule has 8 heteroatoms. The lowest BCUT2D eigenvalue weighted by molar-refractivity contribution is 0.204. The van der Waals surface area contributed by atoms with E-state index in [4.69, 9.17) is 4.98 Å². The topological polar surface area (TPSA) is 82.5 Å². The molecule has 2 fully saturated rings. The number of nitrogens with zero attached hydrogens (tertiary/aromatic N) is 4. The minimum atomic E-state index is -0.139. The van der Waals surface area contributed by atoms with Crippen molar-refractivity contribution in [2.45, 2.75) is 32.4 Å². The molecule has 0 bridgehead atoms. The molecule has 0 saturated carbocycles. The van der Waals surface area contributed by atoms with E-state index in [1.54, 1.807) is 4.90 Å². The zero-order valence-corrected chi connectivity index (χ0v) is 17.5. The summed E-state index contributed by atoms with van der Waals surface area (Å²) in [5.41, 5.74) is 3.52. The van der Waals surface area contributed by atoms with Gasteiger partial charge in [-0.05, 0) is 50.1 Å². The quantitative estimate of drug-likeness (QED) is 0.673. The molecule has 3 heterocycles. The highest BCUT2D eigenvalue weighted by atomic mass is 16.2. The molecule has 8 nitrogen and oxygen atoms in total. The number of carbonyl (C=O) groups excluding carboxylic acids is 2. The van der Waals surface area contributed by atoms with Crippen molar-refractivity contribution in [2.75, 3.05) is 29.9 Å². The Morgan fingerprint density at radius 1 is 1.19 bits per heavy atom. The van der Waals surface area contributed by atoms with E-state index in [2.05, 4.69) is 28.2 Å². The second-order valence-corrected chi connectivity index (χ2v) is 7.92. The Morgan fingerprint density at radius 2 is 2.06 bits per heavy atom. The van der Waals surface area contributed by atoms with Crippen LogP contribution in [-0.4, -0.2) is 46.1 Å². The lowest BCUT2D eigenvalue weighted by Crippen LogP contribution is -2.35. The summed E-state index contributed by atoms with van der Waals surface area (Å²) < 4.78 is 2.21. The van der Waals surface area contributed by atoms with E-state index < -0.39 is 0 Å². The van der Waals surface area contributed by atoms with Crippen LogP contribution in [0, 0.1) is 0 Å². The molecular formula is C23H26N6O2. The van der Waals surface area contributed by atoms with Crippen molar-refractivity contribution in [1.82, 2.24) is 19.8 Å². The van der Waals surface area contributed by atoms with Gasteiger partial charge in [-0.3, -0.25) is 4.90 Å². The minimum absolute atomic E-state index is 0.0557. The van der Waals surface area contributed by atoms with Gasteiger partial charge in [0.15, 0.2) is 0 Å². The molecular weight excluding hydrogens is 392 g/mol. The number of anilines is 2. The molecule has 1 atom stereocenters. The fourth-order valence-corrected chi connectivity index (χ4v) is 4.62. The van der Waals surface area contributed by atoms with Gasteiger partial charge in [0.1, 0.15) is 5.82 Å². The molecule has 1 aromatic heterocycles. The van der Waals surface area contributed by atoms with E-state index in [1.165, 1.54) is 0 Å². The molecule has 2 aromatic carbocycles. The highest BCUT2D eigenvalue weighted by molar-refractivity contribution is 5.96. The van der Waals surface area contributed by atoms with Crippen molar-refractivity contribution in [3.05, 3.63) is 54.4 Å². The number of hydrogen-bond donors (Lipinski definition) is 2. The average molecular weight is 419 g/mol. The number of hydrogen-bond acceptors (Lipinski definition) is 3. The van der Waals surface area contributed by atoms with Crippen LogP contribution in [0.1, 0.15) is 31.6 Å². The molecule has 0 spiro atoms. The maximum Gasteiger partial charge on any atom is 0.322 e. The summed E-state index contributed by atoms with van der Waals surface area (Å²) in [6.07, 6.45) is 1.84. The van der Waals surface area contributed by atoms with Crippen molar-refractivity contribution in [1.29, 1.82) is 0 Å². The van der Waals surface area contributed by atoms with Crippen molar-refractivity contribution in [3.63, 3.8) is 0 Å². The van der Waals surface area contributed by atoms with Crippen molar-refractivity contribution >= 4 is 34.5 Å². The Hall–Kier alpha value is -3.55. The molecule has 2 saturated heterocycles. The largest absolute Gasteiger partial charge is 0.336 e. The summed E-state index contributed by atoms with van der Waals surface area (Å²) in [4.78, 5) is 33.6. The Bertz CT molecular complexity index is 1140. The van der Waals surface area contributed by atoms with Crippen LogP contribution in [0.5, 0.6) is 0 Å². The maximum atomic E-state index is 13.2. The summed E-state index contributed by atoms with van der Waals surface area (Å²) >= 11 is 0. The van der Waals surface area contributed by atoms with Crippen LogP contribution in [-0.2, 0) is 6.54 Å². The molecule has 0 radical (unpaired) electrons. The van der Waals surface area contributed by atoms with Crippen molar-refractivity contribution in [3.8, 4) is 0 Å².